The van der Waals surface area contributed by atoms with Gasteiger partial charge < -0.3 is 16.0 Å². The Labute approximate surface area is 145 Å². The highest BCUT2D eigenvalue weighted by Gasteiger charge is 2.22. The maximum Gasteiger partial charge on any atom is 0.251 e. The number of hydrogen-bond donors (Lipinski definition) is 3. The standard InChI is InChI=1S/C19H19N3O3/c1-12(23)21-17(9-13-5-3-2-4-6-13)19(25)22-15-8-7-14-11-20-18(24)16(14)10-15/h2-8,10,17H,9,11H2,1H3,(H,20,24)(H,21,23)(H,22,25). The molecule has 2 aromatic carbocycles. The smallest absolute Gasteiger partial charge is 0.251 e. The number of amides is 3. The molecule has 0 spiro atoms. The maximum atomic E-state index is 12.6. The fourth-order valence-electron chi connectivity index (χ4n) is 2.82. The fourth-order valence-corrected chi connectivity index (χ4v) is 2.82. The van der Waals surface area contributed by atoms with Crippen LogP contribution in [0.1, 0.15) is 28.4 Å². The second-order valence-corrected chi connectivity index (χ2v) is 5.99. The van der Waals surface area contributed by atoms with Crippen LogP contribution >= 0.6 is 0 Å². The van der Waals surface area contributed by atoms with Gasteiger partial charge in [0.15, 0.2) is 0 Å². The molecule has 1 aliphatic heterocycles. The summed E-state index contributed by atoms with van der Waals surface area (Å²) in [5, 5.41) is 8.20. The van der Waals surface area contributed by atoms with E-state index in [1.165, 1.54) is 6.92 Å². The monoisotopic (exact) mass is 337 g/mol. The van der Waals surface area contributed by atoms with Crippen molar-refractivity contribution < 1.29 is 14.4 Å². The third-order valence-electron chi connectivity index (χ3n) is 4.04. The Morgan fingerprint density at radius 3 is 2.64 bits per heavy atom. The van der Waals surface area contributed by atoms with Crippen molar-refractivity contribution in [2.24, 2.45) is 0 Å². The predicted octanol–water partition coefficient (Wildman–Crippen LogP) is 1.62. The molecule has 25 heavy (non-hydrogen) atoms. The Bertz CT molecular complexity index is 818. The minimum atomic E-state index is -0.693. The summed E-state index contributed by atoms with van der Waals surface area (Å²) in [4.78, 5) is 35.8. The normalized spacial score (nSPS) is 13.6. The van der Waals surface area contributed by atoms with Gasteiger partial charge in [-0.2, -0.15) is 0 Å². The zero-order valence-electron chi connectivity index (χ0n) is 13.8. The van der Waals surface area contributed by atoms with E-state index in [1.54, 1.807) is 12.1 Å². The van der Waals surface area contributed by atoms with Gasteiger partial charge in [0, 0.05) is 31.1 Å². The molecule has 3 amide bonds. The number of hydrogen-bond acceptors (Lipinski definition) is 3. The molecule has 1 aliphatic rings. The van der Waals surface area contributed by atoms with Crippen LogP contribution in [0, 0.1) is 0 Å². The molecule has 0 aromatic heterocycles. The maximum absolute atomic E-state index is 12.6. The molecule has 1 unspecified atom stereocenters. The first kappa shape index (κ1) is 16.7. The van der Waals surface area contributed by atoms with Gasteiger partial charge in [-0.1, -0.05) is 36.4 Å². The van der Waals surface area contributed by atoms with Crippen LogP contribution in [0.3, 0.4) is 0 Å². The summed E-state index contributed by atoms with van der Waals surface area (Å²) >= 11 is 0. The van der Waals surface area contributed by atoms with Gasteiger partial charge >= 0.3 is 0 Å². The number of nitrogens with one attached hydrogen (secondary N) is 3. The number of fused-ring (bicyclic) bond motifs is 1. The Morgan fingerprint density at radius 2 is 1.92 bits per heavy atom. The van der Waals surface area contributed by atoms with Gasteiger partial charge in [-0.05, 0) is 23.3 Å². The fraction of sp³-hybridized carbons (Fsp3) is 0.211. The lowest BCUT2D eigenvalue weighted by molar-refractivity contribution is -0.125. The molecule has 3 N–H and O–H groups in total. The minimum Gasteiger partial charge on any atom is -0.348 e. The van der Waals surface area contributed by atoms with Crippen molar-refractivity contribution in [2.75, 3.05) is 5.32 Å². The predicted molar refractivity (Wildman–Crippen MR) is 94.0 cm³/mol. The van der Waals surface area contributed by atoms with Crippen LogP contribution in [0.25, 0.3) is 0 Å². The molecule has 2 aromatic rings. The summed E-state index contributed by atoms with van der Waals surface area (Å²) < 4.78 is 0. The molecule has 0 bridgehead atoms. The van der Waals surface area contributed by atoms with Crippen LogP contribution in [0.2, 0.25) is 0 Å². The Kier molecular flexibility index (Phi) is 4.79. The first-order chi connectivity index (χ1) is 12.0. The zero-order chi connectivity index (χ0) is 17.8. The Balaban J connectivity index is 1.75. The molecule has 0 saturated carbocycles. The lowest BCUT2D eigenvalue weighted by Gasteiger charge is -2.18. The minimum absolute atomic E-state index is 0.145. The van der Waals surface area contributed by atoms with E-state index in [0.717, 1.165) is 11.1 Å². The van der Waals surface area contributed by atoms with E-state index < -0.39 is 6.04 Å². The number of benzene rings is 2. The number of rotatable bonds is 5. The molecular weight excluding hydrogens is 318 g/mol. The van der Waals surface area contributed by atoms with Crippen LogP contribution in [0.15, 0.2) is 48.5 Å². The Morgan fingerprint density at radius 1 is 1.16 bits per heavy atom. The van der Waals surface area contributed by atoms with Crippen LogP contribution in [0.5, 0.6) is 0 Å². The van der Waals surface area contributed by atoms with Gasteiger partial charge in [0.2, 0.25) is 11.8 Å². The van der Waals surface area contributed by atoms with Gasteiger partial charge in [-0.3, -0.25) is 14.4 Å². The van der Waals surface area contributed by atoms with Crippen molar-refractivity contribution in [3.05, 3.63) is 65.2 Å². The highest BCUT2D eigenvalue weighted by Crippen LogP contribution is 2.20. The average Bonchev–Trinajstić information content (AvgIpc) is 2.95. The van der Waals surface area contributed by atoms with Gasteiger partial charge in [-0.15, -0.1) is 0 Å². The van der Waals surface area contributed by atoms with E-state index in [0.29, 0.717) is 24.2 Å². The lowest BCUT2D eigenvalue weighted by Crippen LogP contribution is -2.44. The molecule has 0 saturated heterocycles. The molecule has 128 valence electrons. The topological polar surface area (TPSA) is 87.3 Å². The molecule has 0 aliphatic carbocycles. The molecule has 0 radical (unpaired) electrons. The SMILES string of the molecule is CC(=O)NC(Cc1ccccc1)C(=O)Nc1ccc2c(c1)C(=O)NC2. The van der Waals surface area contributed by atoms with Crippen LogP contribution < -0.4 is 16.0 Å². The third kappa shape index (κ3) is 4.03. The van der Waals surface area contributed by atoms with Gasteiger partial charge in [0.25, 0.3) is 5.91 Å². The van der Waals surface area contributed by atoms with Crippen molar-refractivity contribution in [2.45, 2.75) is 25.9 Å². The number of anilines is 1. The van der Waals surface area contributed by atoms with Crippen LogP contribution in [-0.4, -0.2) is 23.8 Å². The second kappa shape index (κ2) is 7.17. The summed E-state index contributed by atoms with van der Waals surface area (Å²) in [6.07, 6.45) is 0.387. The lowest BCUT2D eigenvalue weighted by atomic mass is 10.0. The van der Waals surface area contributed by atoms with Crippen LogP contribution in [-0.2, 0) is 22.6 Å². The van der Waals surface area contributed by atoms with Crippen molar-refractivity contribution in [1.29, 1.82) is 0 Å². The number of carbonyl (C=O) groups is 3. The first-order valence-corrected chi connectivity index (χ1v) is 8.06. The van der Waals surface area contributed by atoms with Crippen molar-refractivity contribution >= 4 is 23.4 Å². The van der Waals surface area contributed by atoms with Crippen LogP contribution in [0.4, 0.5) is 5.69 Å². The summed E-state index contributed by atoms with van der Waals surface area (Å²) in [6.45, 7) is 1.88. The third-order valence-corrected chi connectivity index (χ3v) is 4.04. The van der Waals surface area contributed by atoms with Gasteiger partial charge in [-0.25, -0.2) is 0 Å². The molecule has 1 heterocycles. The summed E-state index contributed by atoms with van der Waals surface area (Å²) in [7, 11) is 0. The summed E-state index contributed by atoms with van der Waals surface area (Å²) in [5.41, 5.74) is 2.96. The quantitative estimate of drug-likeness (QED) is 0.775. The number of carbonyl (C=O) groups excluding carboxylic acids is 3. The highest BCUT2D eigenvalue weighted by molar-refractivity contribution is 6.01. The molecule has 6 heteroatoms. The summed E-state index contributed by atoms with van der Waals surface area (Å²) in [5.74, 6) is -0.740. The highest BCUT2D eigenvalue weighted by atomic mass is 16.2. The van der Waals surface area contributed by atoms with E-state index in [4.69, 9.17) is 0 Å². The molecule has 3 rings (SSSR count). The van der Waals surface area contributed by atoms with Gasteiger partial charge in [0.05, 0.1) is 0 Å². The molecule has 1 atom stereocenters. The first-order valence-electron chi connectivity index (χ1n) is 8.06. The molecule has 0 fully saturated rings. The largest absolute Gasteiger partial charge is 0.348 e. The summed E-state index contributed by atoms with van der Waals surface area (Å²) in [6, 6.07) is 14.0. The van der Waals surface area contributed by atoms with E-state index >= 15 is 0 Å². The second-order valence-electron chi connectivity index (χ2n) is 5.99. The van der Waals surface area contributed by atoms with Crippen molar-refractivity contribution in [3.8, 4) is 0 Å². The molecule has 6 nitrogen and oxygen atoms in total. The van der Waals surface area contributed by atoms with E-state index in [-0.39, 0.29) is 17.7 Å². The van der Waals surface area contributed by atoms with E-state index in [9.17, 15) is 14.4 Å². The van der Waals surface area contributed by atoms with E-state index in [1.807, 2.05) is 36.4 Å². The van der Waals surface area contributed by atoms with E-state index in [2.05, 4.69) is 16.0 Å². The van der Waals surface area contributed by atoms with Crippen molar-refractivity contribution in [3.63, 3.8) is 0 Å². The average molecular weight is 337 g/mol. The molecular formula is C19H19N3O3. The zero-order valence-corrected chi connectivity index (χ0v) is 13.8. The Hall–Kier alpha value is -3.15. The van der Waals surface area contributed by atoms with Gasteiger partial charge in [0.1, 0.15) is 6.04 Å². The van der Waals surface area contributed by atoms with Crippen molar-refractivity contribution in [1.82, 2.24) is 10.6 Å².